The zero-order valence-corrected chi connectivity index (χ0v) is 11.7. The Kier molecular flexibility index (Phi) is 7.66. The summed E-state index contributed by atoms with van der Waals surface area (Å²) in [4.78, 5) is 0. The maximum Gasteiger partial charge on any atom is 0.137 e. The second-order valence-corrected chi connectivity index (χ2v) is 4.67. The molecule has 0 aliphatic rings. The summed E-state index contributed by atoms with van der Waals surface area (Å²) in [5, 5.41) is 31.2. The summed E-state index contributed by atoms with van der Waals surface area (Å²) in [6.45, 7) is 2.92. The van der Waals surface area contributed by atoms with E-state index >= 15 is 0 Å². The topological polar surface area (TPSA) is 85.5 Å². The van der Waals surface area contributed by atoms with Crippen LogP contribution in [-0.4, -0.2) is 42.1 Å². The highest BCUT2D eigenvalue weighted by molar-refractivity contribution is 5.42. The first-order valence-electron chi connectivity index (χ1n) is 6.86. The fourth-order valence-electron chi connectivity index (χ4n) is 1.78. The van der Waals surface area contributed by atoms with Gasteiger partial charge in [0.2, 0.25) is 0 Å². The van der Waals surface area contributed by atoms with Crippen LogP contribution in [0.15, 0.2) is 24.3 Å². The third-order valence-electron chi connectivity index (χ3n) is 2.82. The smallest absolute Gasteiger partial charge is 0.137 e. The minimum absolute atomic E-state index is 0.107. The molecule has 0 fully saturated rings. The molecule has 110 valence electrons. The van der Waals surface area contributed by atoms with Crippen LogP contribution >= 0.6 is 0 Å². The Morgan fingerprint density at radius 3 is 2.65 bits per heavy atom. The molecule has 1 aromatic carbocycles. The van der Waals surface area contributed by atoms with Gasteiger partial charge in [0.05, 0.1) is 11.7 Å². The van der Waals surface area contributed by atoms with Gasteiger partial charge in [-0.15, -0.1) is 0 Å². The number of para-hydroxylation sites is 1. The molecular formula is C15H22N2O3. The molecular weight excluding hydrogens is 256 g/mol. The average Bonchev–Trinajstić information content (AvgIpc) is 2.45. The largest absolute Gasteiger partial charge is 0.489 e. The molecule has 1 rings (SSSR count). The van der Waals surface area contributed by atoms with Crippen molar-refractivity contribution in [2.75, 3.05) is 19.7 Å². The lowest BCUT2D eigenvalue weighted by molar-refractivity contribution is 0.0983. The first kappa shape index (κ1) is 16.4. The van der Waals surface area contributed by atoms with Gasteiger partial charge in [-0.1, -0.05) is 25.5 Å². The van der Waals surface area contributed by atoms with Gasteiger partial charge in [-0.2, -0.15) is 5.26 Å². The normalized spacial score (nSPS) is 13.5. The minimum Gasteiger partial charge on any atom is -0.489 e. The van der Waals surface area contributed by atoms with Gasteiger partial charge in [0.25, 0.3) is 0 Å². The quantitative estimate of drug-likeness (QED) is 0.628. The van der Waals surface area contributed by atoms with E-state index in [-0.39, 0.29) is 12.7 Å². The predicted molar refractivity (Wildman–Crippen MR) is 76.4 cm³/mol. The molecule has 0 aromatic heterocycles. The number of benzene rings is 1. The Labute approximate surface area is 119 Å². The lowest BCUT2D eigenvalue weighted by Gasteiger charge is -2.15. The highest BCUT2D eigenvalue weighted by atomic mass is 16.5. The number of hydrogen-bond donors (Lipinski definition) is 3. The number of nitrogens with one attached hydrogen (secondary N) is 1. The third-order valence-corrected chi connectivity index (χ3v) is 2.82. The van der Waals surface area contributed by atoms with Crippen LogP contribution in [-0.2, 0) is 0 Å². The zero-order chi connectivity index (χ0) is 14.8. The molecule has 1 aromatic rings. The van der Waals surface area contributed by atoms with Gasteiger partial charge in [0, 0.05) is 13.1 Å². The second kappa shape index (κ2) is 9.32. The van der Waals surface area contributed by atoms with Crippen LogP contribution in [0.4, 0.5) is 0 Å². The zero-order valence-electron chi connectivity index (χ0n) is 11.7. The van der Waals surface area contributed by atoms with Crippen molar-refractivity contribution in [3.63, 3.8) is 0 Å². The van der Waals surface area contributed by atoms with Gasteiger partial charge in [-0.05, 0) is 18.6 Å². The molecule has 5 heteroatoms. The van der Waals surface area contributed by atoms with Gasteiger partial charge in [0.15, 0.2) is 0 Å². The van der Waals surface area contributed by atoms with E-state index in [9.17, 15) is 10.2 Å². The van der Waals surface area contributed by atoms with Crippen LogP contribution in [0.5, 0.6) is 5.75 Å². The summed E-state index contributed by atoms with van der Waals surface area (Å²) in [7, 11) is 0. The molecule has 3 N–H and O–H groups in total. The summed E-state index contributed by atoms with van der Waals surface area (Å²) < 4.78 is 5.42. The Morgan fingerprint density at radius 2 is 1.95 bits per heavy atom. The first-order valence-corrected chi connectivity index (χ1v) is 6.86. The molecule has 2 unspecified atom stereocenters. The summed E-state index contributed by atoms with van der Waals surface area (Å²) in [5.74, 6) is 0.472. The fourth-order valence-corrected chi connectivity index (χ4v) is 1.78. The predicted octanol–water partition coefficient (Wildman–Crippen LogP) is 1.05. The van der Waals surface area contributed by atoms with E-state index in [4.69, 9.17) is 10.00 Å². The standard InChI is InChI=1S/C15H22N2O3/c1-2-5-13(18)9-17-10-14(19)11-20-15-7-4-3-6-12(15)8-16/h3-4,6-7,13-14,17-19H,2,5,9-11H2,1H3. The van der Waals surface area contributed by atoms with Crippen molar-refractivity contribution < 1.29 is 14.9 Å². The van der Waals surface area contributed by atoms with Crippen LogP contribution in [0.3, 0.4) is 0 Å². The van der Waals surface area contributed by atoms with E-state index < -0.39 is 6.10 Å². The average molecular weight is 278 g/mol. The maximum absolute atomic E-state index is 9.76. The maximum atomic E-state index is 9.76. The van der Waals surface area contributed by atoms with Crippen molar-refractivity contribution in [3.05, 3.63) is 29.8 Å². The molecule has 0 saturated carbocycles. The molecule has 0 saturated heterocycles. The van der Waals surface area contributed by atoms with Crippen molar-refractivity contribution >= 4 is 0 Å². The molecule has 0 spiro atoms. The Balaban J connectivity index is 2.26. The van der Waals surface area contributed by atoms with Crippen LogP contribution < -0.4 is 10.1 Å². The Hall–Kier alpha value is -1.61. The number of ether oxygens (including phenoxy) is 1. The second-order valence-electron chi connectivity index (χ2n) is 4.67. The lowest BCUT2D eigenvalue weighted by atomic mass is 10.2. The summed E-state index contributed by atoms with van der Waals surface area (Å²) >= 11 is 0. The highest BCUT2D eigenvalue weighted by Crippen LogP contribution is 2.16. The van der Waals surface area contributed by atoms with E-state index in [1.165, 1.54) is 0 Å². The molecule has 0 heterocycles. The molecule has 20 heavy (non-hydrogen) atoms. The van der Waals surface area contributed by atoms with Crippen LogP contribution in [0.1, 0.15) is 25.3 Å². The number of nitrogens with zero attached hydrogens (tertiary/aromatic N) is 1. The molecule has 0 amide bonds. The summed E-state index contributed by atoms with van der Waals surface area (Å²) in [6, 6.07) is 8.94. The van der Waals surface area contributed by atoms with E-state index in [2.05, 4.69) is 5.32 Å². The molecule has 5 nitrogen and oxygen atoms in total. The van der Waals surface area contributed by atoms with E-state index in [1.54, 1.807) is 24.3 Å². The van der Waals surface area contributed by atoms with Gasteiger partial charge < -0.3 is 20.3 Å². The van der Waals surface area contributed by atoms with Crippen molar-refractivity contribution in [1.29, 1.82) is 5.26 Å². The van der Waals surface area contributed by atoms with Gasteiger partial charge in [-0.25, -0.2) is 0 Å². The SMILES string of the molecule is CCCC(O)CNCC(O)COc1ccccc1C#N. The fraction of sp³-hybridized carbons (Fsp3) is 0.533. The molecule has 0 aliphatic heterocycles. The Bertz CT molecular complexity index is 431. The van der Waals surface area contributed by atoms with Crippen LogP contribution in [0.25, 0.3) is 0 Å². The van der Waals surface area contributed by atoms with Gasteiger partial charge in [-0.3, -0.25) is 0 Å². The molecule has 0 bridgehead atoms. The van der Waals surface area contributed by atoms with Crippen molar-refractivity contribution in [2.24, 2.45) is 0 Å². The highest BCUT2D eigenvalue weighted by Gasteiger charge is 2.09. The number of hydrogen-bond acceptors (Lipinski definition) is 5. The molecule has 0 radical (unpaired) electrons. The molecule has 2 atom stereocenters. The van der Waals surface area contributed by atoms with Crippen molar-refractivity contribution in [3.8, 4) is 11.8 Å². The van der Waals surface area contributed by atoms with E-state index in [0.29, 0.717) is 24.4 Å². The van der Waals surface area contributed by atoms with Gasteiger partial charge >= 0.3 is 0 Å². The van der Waals surface area contributed by atoms with E-state index in [1.807, 2.05) is 13.0 Å². The van der Waals surface area contributed by atoms with Crippen LogP contribution in [0, 0.1) is 11.3 Å². The van der Waals surface area contributed by atoms with Crippen LogP contribution in [0.2, 0.25) is 0 Å². The van der Waals surface area contributed by atoms with Gasteiger partial charge in [0.1, 0.15) is 24.5 Å². The van der Waals surface area contributed by atoms with Crippen molar-refractivity contribution in [2.45, 2.75) is 32.0 Å². The first-order chi connectivity index (χ1) is 9.67. The minimum atomic E-state index is -0.685. The summed E-state index contributed by atoms with van der Waals surface area (Å²) in [5.41, 5.74) is 0.450. The van der Waals surface area contributed by atoms with E-state index in [0.717, 1.165) is 12.8 Å². The lowest BCUT2D eigenvalue weighted by Crippen LogP contribution is -2.35. The number of aliphatic hydroxyl groups is 2. The summed E-state index contributed by atoms with van der Waals surface area (Å²) in [6.07, 6.45) is 0.609. The number of nitriles is 1. The molecule has 0 aliphatic carbocycles. The Morgan fingerprint density at radius 1 is 1.25 bits per heavy atom. The number of aliphatic hydroxyl groups excluding tert-OH is 2. The number of rotatable bonds is 9. The monoisotopic (exact) mass is 278 g/mol. The third kappa shape index (κ3) is 6.02. The van der Waals surface area contributed by atoms with Crippen molar-refractivity contribution in [1.82, 2.24) is 5.32 Å².